The normalized spacial score (nSPS) is 10.9. The molecule has 0 unspecified atom stereocenters. The SMILES string of the molecule is O=CN[P+](c1ccccc1)(c1ccccc1)c1ccccc1. The molecule has 0 bridgehead atoms. The quantitative estimate of drug-likeness (QED) is 0.570. The van der Waals surface area contributed by atoms with E-state index in [1.54, 1.807) is 0 Å². The van der Waals surface area contributed by atoms with Crippen LogP contribution in [-0.4, -0.2) is 6.41 Å². The summed E-state index contributed by atoms with van der Waals surface area (Å²) in [6.45, 7) is 0. The first kappa shape index (κ1) is 14.5. The number of benzene rings is 3. The van der Waals surface area contributed by atoms with Crippen LogP contribution in [0.25, 0.3) is 0 Å². The second-order valence-electron chi connectivity index (χ2n) is 4.92. The largest absolute Gasteiger partial charge is 0.276 e. The highest BCUT2D eigenvalue weighted by molar-refractivity contribution is 7.94. The molecule has 0 aromatic heterocycles. The molecule has 22 heavy (non-hydrogen) atoms. The zero-order valence-corrected chi connectivity index (χ0v) is 13.0. The van der Waals surface area contributed by atoms with Gasteiger partial charge in [-0.1, -0.05) is 54.6 Å². The van der Waals surface area contributed by atoms with Crippen molar-refractivity contribution < 1.29 is 4.79 Å². The zero-order valence-electron chi connectivity index (χ0n) is 12.1. The molecular weight excluding hydrogens is 289 g/mol. The van der Waals surface area contributed by atoms with Crippen LogP contribution >= 0.6 is 7.41 Å². The topological polar surface area (TPSA) is 29.1 Å². The Morgan fingerprint density at radius 1 is 0.591 bits per heavy atom. The monoisotopic (exact) mass is 306 g/mol. The molecule has 0 aliphatic rings. The van der Waals surface area contributed by atoms with Gasteiger partial charge < -0.3 is 0 Å². The first-order chi connectivity index (χ1) is 10.9. The Morgan fingerprint density at radius 2 is 0.909 bits per heavy atom. The highest BCUT2D eigenvalue weighted by Gasteiger charge is 2.45. The fraction of sp³-hybridized carbons (Fsp3) is 0. The average molecular weight is 306 g/mol. The molecule has 3 aromatic rings. The van der Waals surface area contributed by atoms with Crippen molar-refractivity contribution in [3.63, 3.8) is 0 Å². The minimum atomic E-state index is -2.17. The third-order valence-corrected chi connectivity index (χ3v) is 7.39. The standard InChI is InChI=1S/C19H16NOP/c21-16-20-22(17-10-4-1-5-11-17,18-12-6-2-7-13-18)19-14-8-3-9-15-19/h1-16H/p+1. The van der Waals surface area contributed by atoms with Crippen molar-refractivity contribution in [2.75, 3.05) is 0 Å². The molecule has 1 amide bonds. The van der Waals surface area contributed by atoms with Crippen LogP contribution in [0.1, 0.15) is 0 Å². The summed E-state index contributed by atoms with van der Waals surface area (Å²) in [4.78, 5) is 11.5. The molecule has 3 rings (SSSR count). The minimum Gasteiger partial charge on any atom is -0.276 e. The van der Waals surface area contributed by atoms with Gasteiger partial charge >= 0.3 is 0 Å². The van der Waals surface area contributed by atoms with Gasteiger partial charge in [-0.05, 0) is 36.4 Å². The maximum Gasteiger partial charge on any atom is 0.239 e. The van der Waals surface area contributed by atoms with Crippen LogP contribution < -0.4 is 21.0 Å². The summed E-state index contributed by atoms with van der Waals surface area (Å²) in [5.41, 5.74) is 0. The lowest BCUT2D eigenvalue weighted by Crippen LogP contribution is -2.39. The summed E-state index contributed by atoms with van der Waals surface area (Å²) in [5, 5.41) is 6.59. The number of carbonyl (C=O) groups excluding carboxylic acids is 1. The lowest BCUT2D eigenvalue weighted by molar-refractivity contribution is -0.108. The fourth-order valence-electron chi connectivity index (χ4n) is 2.70. The summed E-state index contributed by atoms with van der Waals surface area (Å²) in [6.07, 6.45) is 0.820. The maximum atomic E-state index is 11.5. The van der Waals surface area contributed by atoms with Crippen LogP contribution in [0.5, 0.6) is 0 Å². The first-order valence-electron chi connectivity index (χ1n) is 7.15. The van der Waals surface area contributed by atoms with E-state index in [9.17, 15) is 4.79 Å². The van der Waals surface area contributed by atoms with Crippen LogP contribution in [0, 0.1) is 0 Å². The number of nitrogens with one attached hydrogen (secondary N) is 1. The van der Waals surface area contributed by atoms with Gasteiger partial charge in [0.15, 0.2) is 0 Å². The molecule has 2 nitrogen and oxygen atoms in total. The molecule has 0 saturated carbocycles. The molecule has 1 N–H and O–H groups in total. The summed E-state index contributed by atoms with van der Waals surface area (Å²) in [6, 6.07) is 30.6. The number of carbonyl (C=O) groups is 1. The average Bonchev–Trinajstić information content (AvgIpc) is 2.62. The lowest BCUT2D eigenvalue weighted by atomic mass is 10.4. The zero-order chi connectivity index (χ0) is 15.3. The Morgan fingerprint density at radius 3 is 1.18 bits per heavy atom. The van der Waals surface area contributed by atoms with Crippen LogP contribution in [0.4, 0.5) is 0 Å². The second kappa shape index (κ2) is 6.55. The Balaban J connectivity index is 2.31. The van der Waals surface area contributed by atoms with Crippen molar-refractivity contribution in [3.8, 4) is 0 Å². The van der Waals surface area contributed by atoms with Crippen LogP contribution in [0.2, 0.25) is 0 Å². The highest BCUT2D eigenvalue weighted by atomic mass is 31.2. The molecule has 0 atom stereocenters. The van der Waals surface area contributed by atoms with Crippen molar-refractivity contribution in [3.05, 3.63) is 91.0 Å². The van der Waals surface area contributed by atoms with E-state index >= 15 is 0 Å². The van der Waals surface area contributed by atoms with E-state index < -0.39 is 7.41 Å². The van der Waals surface area contributed by atoms with Crippen molar-refractivity contribution in [1.82, 2.24) is 5.09 Å². The molecule has 0 heterocycles. The van der Waals surface area contributed by atoms with E-state index in [2.05, 4.69) is 41.5 Å². The summed E-state index contributed by atoms with van der Waals surface area (Å²) in [5.74, 6) is 0. The van der Waals surface area contributed by atoms with Gasteiger partial charge in [0.2, 0.25) is 13.8 Å². The molecule has 0 spiro atoms. The predicted molar refractivity (Wildman–Crippen MR) is 94.3 cm³/mol. The van der Waals surface area contributed by atoms with E-state index in [0.29, 0.717) is 0 Å². The van der Waals surface area contributed by atoms with Crippen molar-refractivity contribution in [1.29, 1.82) is 0 Å². The summed E-state index contributed by atoms with van der Waals surface area (Å²) < 4.78 is 0. The van der Waals surface area contributed by atoms with Gasteiger partial charge in [0, 0.05) is 0 Å². The third-order valence-electron chi connectivity index (χ3n) is 3.68. The molecule has 0 aliphatic heterocycles. The van der Waals surface area contributed by atoms with Crippen molar-refractivity contribution >= 4 is 29.7 Å². The van der Waals surface area contributed by atoms with E-state index in [0.717, 1.165) is 22.3 Å². The summed E-state index contributed by atoms with van der Waals surface area (Å²) in [7, 11) is -2.17. The Labute approximate surface area is 131 Å². The Bertz CT molecular complexity index is 632. The predicted octanol–water partition coefficient (Wildman–Crippen LogP) is 2.64. The smallest absolute Gasteiger partial charge is 0.239 e. The van der Waals surface area contributed by atoms with Gasteiger partial charge in [0.1, 0.15) is 15.9 Å². The van der Waals surface area contributed by atoms with Gasteiger partial charge in [0.05, 0.1) is 0 Å². The van der Waals surface area contributed by atoms with Gasteiger partial charge in [-0.25, -0.2) is 5.09 Å². The van der Waals surface area contributed by atoms with E-state index in [-0.39, 0.29) is 0 Å². The van der Waals surface area contributed by atoms with Crippen molar-refractivity contribution in [2.45, 2.75) is 0 Å². The van der Waals surface area contributed by atoms with Crippen LogP contribution in [0.3, 0.4) is 0 Å². The molecule has 0 radical (unpaired) electrons. The maximum absolute atomic E-state index is 11.5. The Kier molecular flexibility index (Phi) is 4.32. The fourth-order valence-corrected chi connectivity index (χ4v) is 6.06. The van der Waals surface area contributed by atoms with Gasteiger partial charge in [-0.15, -0.1) is 0 Å². The number of rotatable bonds is 5. The van der Waals surface area contributed by atoms with E-state index in [1.807, 2.05) is 54.6 Å². The van der Waals surface area contributed by atoms with Gasteiger partial charge in [-0.3, -0.25) is 4.79 Å². The van der Waals surface area contributed by atoms with Crippen molar-refractivity contribution in [2.24, 2.45) is 0 Å². The van der Waals surface area contributed by atoms with Crippen LogP contribution in [0.15, 0.2) is 91.0 Å². The molecule has 108 valence electrons. The van der Waals surface area contributed by atoms with E-state index in [4.69, 9.17) is 0 Å². The number of amides is 1. The first-order valence-corrected chi connectivity index (χ1v) is 8.94. The number of hydrogen-bond acceptors (Lipinski definition) is 1. The lowest BCUT2D eigenvalue weighted by Gasteiger charge is -2.25. The third kappa shape index (κ3) is 2.54. The van der Waals surface area contributed by atoms with Crippen LogP contribution in [-0.2, 0) is 4.79 Å². The number of hydrogen-bond donors (Lipinski definition) is 1. The second-order valence-corrected chi connectivity index (χ2v) is 8.07. The Hall–Kier alpha value is -2.44. The minimum absolute atomic E-state index is 0.820. The molecule has 0 fully saturated rings. The molecular formula is C19H17NOP+. The highest BCUT2D eigenvalue weighted by Crippen LogP contribution is 2.50. The molecule has 0 saturated heterocycles. The molecule has 3 heteroatoms. The summed E-state index contributed by atoms with van der Waals surface area (Å²) >= 11 is 0. The van der Waals surface area contributed by atoms with Gasteiger partial charge in [0.25, 0.3) is 0 Å². The van der Waals surface area contributed by atoms with E-state index in [1.165, 1.54) is 0 Å². The van der Waals surface area contributed by atoms with Gasteiger partial charge in [-0.2, -0.15) is 0 Å². The molecule has 3 aromatic carbocycles. The molecule has 0 aliphatic carbocycles.